The van der Waals surface area contributed by atoms with Gasteiger partial charge in [-0.25, -0.2) is 0 Å². The first-order chi connectivity index (χ1) is 16.0. The van der Waals surface area contributed by atoms with Crippen molar-refractivity contribution in [1.29, 1.82) is 0 Å². The van der Waals surface area contributed by atoms with Crippen LogP contribution in [0.4, 0.5) is 0 Å². The molecule has 0 fully saturated rings. The number of fused-ring (bicyclic) bond motifs is 3. The Labute approximate surface area is 194 Å². The van der Waals surface area contributed by atoms with Crippen molar-refractivity contribution < 1.29 is 19.1 Å². The maximum atomic E-state index is 13.2. The number of methoxy groups -OCH3 is 1. The van der Waals surface area contributed by atoms with E-state index in [9.17, 15) is 9.59 Å². The summed E-state index contributed by atoms with van der Waals surface area (Å²) in [6.07, 6.45) is -0.133. The van der Waals surface area contributed by atoms with Gasteiger partial charge < -0.3 is 9.47 Å². The van der Waals surface area contributed by atoms with Crippen molar-refractivity contribution >= 4 is 11.9 Å². The number of rotatable bonds is 8. The van der Waals surface area contributed by atoms with Gasteiger partial charge in [-0.1, -0.05) is 92.7 Å². The molecule has 0 aliphatic heterocycles. The Morgan fingerprint density at radius 3 is 1.94 bits per heavy atom. The van der Waals surface area contributed by atoms with Gasteiger partial charge in [0.25, 0.3) is 0 Å². The maximum absolute atomic E-state index is 13.2. The smallest absolute Gasteiger partial charge is 0.323 e. The fourth-order valence-corrected chi connectivity index (χ4v) is 4.53. The predicted molar refractivity (Wildman–Crippen MR) is 128 cm³/mol. The minimum Gasteiger partial charge on any atom is -0.469 e. The summed E-state index contributed by atoms with van der Waals surface area (Å²) >= 11 is 0. The van der Waals surface area contributed by atoms with Crippen molar-refractivity contribution in [2.24, 2.45) is 5.92 Å². The Balaban J connectivity index is 1.88. The van der Waals surface area contributed by atoms with Gasteiger partial charge in [0.1, 0.15) is 6.04 Å². The number of esters is 2. The van der Waals surface area contributed by atoms with Crippen molar-refractivity contribution in [3.63, 3.8) is 0 Å². The number of hydrogen-bond donors (Lipinski definition) is 1. The highest BCUT2D eigenvalue weighted by atomic mass is 16.5. The zero-order chi connectivity index (χ0) is 23.4. The highest BCUT2D eigenvalue weighted by Gasteiger charge is 2.47. The zero-order valence-corrected chi connectivity index (χ0v) is 19.2. The Morgan fingerprint density at radius 2 is 1.39 bits per heavy atom. The van der Waals surface area contributed by atoms with E-state index < -0.39 is 23.5 Å². The van der Waals surface area contributed by atoms with Crippen LogP contribution < -0.4 is 5.32 Å². The highest BCUT2D eigenvalue weighted by Crippen LogP contribution is 2.51. The number of nitrogens with one attached hydrogen (secondary N) is 1. The summed E-state index contributed by atoms with van der Waals surface area (Å²) in [5.41, 5.74) is 4.40. The van der Waals surface area contributed by atoms with E-state index in [4.69, 9.17) is 9.47 Å². The second kappa shape index (κ2) is 9.59. The molecule has 1 aliphatic carbocycles. The molecule has 0 bridgehead atoms. The summed E-state index contributed by atoms with van der Waals surface area (Å²) in [5.74, 6) is -0.758. The molecular weight excluding hydrogens is 414 g/mol. The van der Waals surface area contributed by atoms with E-state index in [-0.39, 0.29) is 18.9 Å². The fourth-order valence-electron chi connectivity index (χ4n) is 4.53. The third kappa shape index (κ3) is 4.29. The van der Waals surface area contributed by atoms with E-state index in [1.165, 1.54) is 7.11 Å². The third-order valence-electron chi connectivity index (χ3n) is 5.99. The molecule has 0 amide bonds. The number of carbonyl (C=O) groups is 2. The largest absolute Gasteiger partial charge is 0.469 e. The summed E-state index contributed by atoms with van der Waals surface area (Å²) in [4.78, 5) is 25.5. The van der Waals surface area contributed by atoms with Crippen LogP contribution in [-0.4, -0.2) is 31.7 Å². The van der Waals surface area contributed by atoms with E-state index >= 15 is 0 Å². The van der Waals surface area contributed by atoms with E-state index in [2.05, 4.69) is 29.6 Å². The molecule has 5 nitrogen and oxygen atoms in total. The van der Waals surface area contributed by atoms with Gasteiger partial charge in [0.15, 0.2) is 0 Å². The Kier molecular flexibility index (Phi) is 6.61. The van der Waals surface area contributed by atoms with E-state index in [0.29, 0.717) is 0 Å². The SMILES string of the molecule is COC(=O)C[C@H](NC1(c2ccccc2)c2ccccc2-c2ccccc21)C(=O)OCC(C)C. The van der Waals surface area contributed by atoms with Crippen molar-refractivity contribution in [3.8, 4) is 11.1 Å². The van der Waals surface area contributed by atoms with Crippen LogP contribution in [0.5, 0.6) is 0 Å². The van der Waals surface area contributed by atoms with Crippen LogP contribution >= 0.6 is 0 Å². The van der Waals surface area contributed by atoms with Crippen molar-refractivity contribution in [3.05, 3.63) is 95.6 Å². The number of ether oxygens (including phenoxy) is 2. The van der Waals surface area contributed by atoms with Gasteiger partial charge in [-0.3, -0.25) is 14.9 Å². The summed E-state index contributed by atoms with van der Waals surface area (Å²) < 4.78 is 10.5. The first kappa shape index (κ1) is 22.7. The van der Waals surface area contributed by atoms with E-state index in [1.54, 1.807) is 0 Å². The molecule has 4 rings (SSSR count). The summed E-state index contributed by atoms with van der Waals surface area (Å²) in [5, 5.41) is 3.57. The van der Waals surface area contributed by atoms with Crippen LogP contribution in [0.2, 0.25) is 0 Å². The van der Waals surface area contributed by atoms with Crippen LogP contribution in [0.25, 0.3) is 11.1 Å². The highest BCUT2D eigenvalue weighted by molar-refractivity contribution is 5.86. The van der Waals surface area contributed by atoms with E-state index in [0.717, 1.165) is 27.8 Å². The lowest BCUT2D eigenvalue weighted by molar-refractivity contribution is -0.152. The molecule has 0 saturated carbocycles. The van der Waals surface area contributed by atoms with Gasteiger partial charge in [-0.05, 0) is 33.7 Å². The quantitative estimate of drug-likeness (QED) is 0.512. The predicted octanol–water partition coefficient (Wildman–Crippen LogP) is 4.68. The first-order valence-corrected chi connectivity index (χ1v) is 11.2. The minimum absolute atomic E-state index is 0.133. The Morgan fingerprint density at radius 1 is 0.848 bits per heavy atom. The molecule has 0 saturated heterocycles. The van der Waals surface area contributed by atoms with E-state index in [1.807, 2.05) is 68.4 Å². The standard InChI is InChI=1S/C28H29NO4/c1-19(2)18-33-27(31)25(17-26(30)32-3)29-28(20-11-5-4-6-12-20)23-15-9-7-13-21(23)22-14-8-10-16-24(22)28/h4-16,19,25,29H,17-18H2,1-3H3/t25-/m0/s1. The summed E-state index contributed by atoms with van der Waals surface area (Å²) in [6, 6.07) is 25.5. The minimum atomic E-state index is -0.893. The molecule has 170 valence electrons. The Hall–Kier alpha value is -3.44. The molecule has 33 heavy (non-hydrogen) atoms. The lowest BCUT2D eigenvalue weighted by Gasteiger charge is -2.37. The lowest BCUT2D eigenvalue weighted by Crippen LogP contribution is -2.53. The molecule has 5 heteroatoms. The molecule has 0 heterocycles. The molecule has 1 N–H and O–H groups in total. The van der Waals surface area contributed by atoms with Gasteiger partial charge in [-0.2, -0.15) is 0 Å². The van der Waals surface area contributed by atoms with Gasteiger partial charge in [0.2, 0.25) is 0 Å². The van der Waals surface area contributed by atoms with Crippen LogP contribution in [0.3, 0.4) is 0 Å². The van der Waals surface area contributed by atoms with Gasteiger partial charge in [-0.15, -0.1) is 0 Å². The normalized spacial score (nSPS) is 14.3. The van der Waals surface area contributed by atoms with Crippen LogP contribution in [0, 0.1) is 5.92 Å². The third-order valence-corrected chi connectivity index (χ3v) is 5.99. The number of benzene rings is 3. The number of carbonyl (C=O) groups excluding carboxylic acids is 2. The summed E-state index contributed by atoms with van der Waals surface area (Å²) in [6.45, 7) is 4.24. The topological polar surface area (TPSA) is 64.6 Å². The monoisotopic (exact) mass is 443 g/mol. The lowest BCUT2D eigenvalue weighted by atomic mass is 9.79. The van der Waals surface area contributed by atoms with Crippen molar-refractivity contribution in [2.75, 3.05) is 13.7 Å². The van der Waals surface area contributed by atoms with Gasteiger partial charge in [0.05, 0.1) is 25.7 Å². The van der Waals surface area contributed by atoms with Crippen LogP contribution in [-0.2, 0) is 24.6 Å². The zero-order valence-electron chi connectivity index (χ0n) is 19.2. The molecule has 0 radical (unpaired) electrons. The van der Waals surface area contributed by atoms with Crippen molar-refractivity contribution in [2.45, 2.75) is 31.8 Å². The first-order valence-electron chi connectivity index (χ1n) is 11.2. The molecule has 3 aromatic rings. The molecular formula is C28H29NO4. The second-order valence-electron chi connectivity index (χ2n) is 8.71. The van der Waals surface area contributed by atoms with Crippen molar-refractivity contribution in [1.82, 2.24) is 5.32 Å². The molecule has 3 aromatic carbocycles. The Bertz CT molecular complexity index is 1090. The summed E-state index contributed by atoms with van der Waals surface area (Å²) in [7, 11) is 1.33. The molecule has 0 aromatic heterocycles. The average Bonchev–Trinajstić information content (AvgIpc) is 3.13. The van der Waals surface area contributed by atoms with Gasteiger partial charge in [0, 0.05) is 0 Å². The van der Waals surface area contributed by atoms with Crippen LogP contribution in [0.15, 0.2) is 78.9 Å². The molecule has 1 aliphatic rings. The van der Waals surface area contributed by atoms with Crippen LogP contribution in [0.1, 0.15) is 37.0 Å². The molecule has 0 spiro atoms. The van der Waals surface area contributed by atoms with Gasteiger partial charge >= 0.3 is 11.9 Å². The average molecular weight is 444 g/mol. The maximum Gasteiger partial charge on any atom is 0.323 e. The molecule has 1 atom stereocenters. The molecule has 0 unspecified atom stereocenters. The second-order valence-corrected chi connectivity index (χ2v) is 8.71. The number of hydrogen-bond acceptors (Lipinski definition) is 5. The fraction of sp³-hybridized carbons (Fsp3) is 0.286.